The molecular formula is C14H20ClN3O3. The number of hydrogen-bond donors (Lipinski definition) is 2. The van der Waals surface area contributed by atoms with Gasteiger partial charge in [0, 0.05) is 18.7 Å². The van der Waals surface area contributed by atoms with Crippen molar-refractivity contribution >= 4 is 24.0 Å². The van der Waals surface area contributed by atoms with Crippen LogP contribution in [0.4, 0.5) is 5.69 Å². The Morgan fingerprint density at radius 3 is 2.38 bits per heavy atom. The summed E-state index contributed by atoms with van der Waals surface area (Å²) in [6.07, 6.45) is 4.14. The van der Waals surface area contributed by atoms with Crippen LogP contribution in [0.25, 0.3) is 0 Å². The Hall–Kier alpha value is -1.66. The van der Waals surface area contributed by atoms with Crippen LogP contribution in [-0.2, 0) is 11.2 Å². The van der Waals surface area contributed by atoms with Gasteiger partial charge in [0.2, 0.25) is 5.91 Å². The average Bonchev–Trinajstić information content (AvgIpc) is 2.87. The van der Waals surface area contributed by atoms with E-state index in [1.165, 1.54) is 12.1 Å². The molecule has 2 rings (SSSR count). The predicted molar refractivity (Wildman–Crippen MR) is 82.4 cm³/mol. The minimum Gasteiger partial charge on any atom is -0.354 e. The molecule has 0 aromatic heterocycles. The van der Waals surface area contributed by atoms with Gasteiger partial charge in [-0.1, -0.05) is 25.0 Å². The molecular weight excluding hydrogens is 294 g/mol. The number of halogens is 1. The Kier molecular flexibility index (Phi) is 6.11. The SMILES string of the molecule is Cl.NC1(C(=O)NCCc2ccc([N+](=O)[O-])cc2)CCCC1. The molecule has 1 fully saturated rings. The molecule has 21 heavy (non-hydrogen) atoms. The maximum absolute atomic E-state index is 12.0. The van der Waals surface area contributed by atoms with Crippen molar-refractivity contribution < 1.29 is 9.72 Å². The summed E-state index contributed by atoms with van der Waals surface area (Å²) in [6.45, 7) is 0.496. The lowest BCUT2D eigenvalue weighted by molar-refractivity contribution is -0.384. The van der Waals surface area contributed by atoms with E-state index >= 15 is 0 Å². The number of hydrogen-bond acceptors (Lipinski definition) is 4. The summed E-state index contributed by atoms with van der Waals surface area (Å²) in [7, 11) is 0. The Bertz CT molecular complexity index is 499. The van der Waals surface area contributed by atoms with E-state index in [1.54, 1.807) is 12.1 Å². The van der Waals surface area contributed by atoms with E-state index in [4.69, 9.17) is 5.73 Å². The molecule has 0 bridgehead atoms. The summed E-state index contributed by atoms with van der Waals surface area (Å²) < 4.78 is 0. The summed E-state index contributed by atoms with van der Waals surface area (Å²) >= 11 is 0. The van der Waals surface area contributed by atoms with Gasteiger partial charge >= 0.3 is 0 Å². The highest BCUT2D eigenvalue weighted by atomic mass is 35.5. The second-order valence-corrected chi connectivity index (χ2v) is 5.29. The summed E-state index contributed by atoms with van der Waals surface area (Å²) in [4.78, 5) is 22.1. The molecule has 1 aromatic carbocycles. The van der Waals surface area contributed by atoms with Crippen molar-refractivity contribution in [2.24, 2.45) is 5.73 Å². The van der Waals surface area contributed by atoms with Gasteiger partial charge in [0.1, 0.15) is 0 Å². The molecule has 1 amide bonds. The standard InChI is InChI=1S/C14H19N3O3.ClH/c15-14(8-1-2-9-14)13(18)16-10-7-11-3-5-12(6-4-11)17(19)20;/h3-6H,1-2,7-10,15H2,(H,16,18);1H. The largest absolute Gasteiger partial charge is 0.354 e. The third-order valence-corrected chi connectivity index (χ3v) is 3.79. The van der Waals surface area contributed by atoms with E-state index in [9.17, 15) is 14.9 Å². The van der Waals surface area contributed by atoms with Crippen LogP contribution in [-0.4, -0.2) is 22.9 Å². The number of amides is 1. The smallest absolute Gasteiger partial charge is 0.269 e. The number of non-ortho nitro benzene ring substituents is 1. The summed E-state index contributed by atoms with van der Waals surface area (Å²) in [5.74, 6) is -0.0862. The van der Waals surface area contributed by atoms with Gasteiger partial charge in [0.05, 0.1) is 10.5 Å². The Balaban J connectivity index is 0.00000220. The highest BCUT2D eigenvalue weighted by molar-refractivity contribution is 5.86. The minimum atomic E-state index is -0.699. The number of nitrogens with one attached hydrogen (secondary N) is 1. The first-order valence-electron chi connectivity index (χ1n) is 6.82. The lowest BCUT2D eigenvalue weighted by Crippen LogP contribution is -2.52. The van der Waals surface area contributed by atoms with Crippen molar-refractivity contribution in [1.82, 2.24) is 5.32 Å². The minimum absolute atomic E-state index is 0. The number of carbonyl (C=O) groups excluding carboxylic acids is 1. The average molecular weight is 314 g/mol. The number of benzene rings is 1. The molecule has 7 heteroatoms. The molecule has 3 N–H and O–H groups in total. The number of rotatable bonds is 5. The van der Waals surface area contributed by atoms with E-state index < -0.39 is 10.5 Å². The highest BCUT2D eigenvalue weighted by Gasteiger charge is 2.36. The fraction of sp³-hybridized carbons (Fsp3) is 0.500. The number of nitro benzene ring substituents is 1. The van der Waals surface area contributed by atoms with Crippen LogP contribution in [0.15, 0.2) is 24.3 Å². The van der Waals surface area contributed by atoms with Crippen LogP contribution in [0.3, 0.4) is 0 Å². The quantitative estimate of drug-likeness (QED) is 0.641. The van der Waals surface area contributed by atoms with Crippen LogP contribution in [0.1, 0.15) is 31.2 Å². The van der Waals surface area contributed by atoms with Gasteiger partial charge in [-0.05, 0) is 24.8 Å². The third-order valence-electron chi connectivity index (χ3n) is 3.79. The normalized spacial score (nSPS) is 16.0. The van der Waals surface area contributed by atoms with Crippen LogP contribution < -0.4 is 11.1 Å². The van der Waals surface area contributed by atoms with Crippen LogP contribution >= 0.6 is 12.4 Å². The van der Waals surface area contributed by atoms with Crippen molar-refractivity contribution in [3.63, 3.8) is 0 Å². The first kappa shape index (κ1) is 17.4. The van der Waals surface area contributed by atoms with Crippen molar-refractivity contribution in [3.05, 3.63) is 39.9 Å². The maximum Gasteiger partial charge on any atom is 0.269 e. The molecule has 0 atom stereocenters. The van der Waals surface area contributed by atoms with Gasteiger partial charge in [-0.15, -0.1) is 12.4 Å². The van der Waals surface area contributed by atoms with Gasteiger partial charge in [-0.3, -0.25) is 14.9 Å². The van der Waals surface area contributed by atoms with Gasteiger partial charge in [-0.2, -0.15) is 0 Å². The molecule has 1 saturated carbocycles. The lowest BCUT2D eigenvalue weighted by atomic mass is 9.98. The molecule has 1 aliphatic carbocycles. The van der Waals surface area contributed by atoms with Crippen molar-refractivity contribution in [2.45, 2.75) is 37.6 Å². The molecule has 116 valence electrons. The molecule has 0 radical (unpaired) electrons. The van der Waals surface area contributed by atoms with Gasteiger partial charge in [0.25, 0.3) is 5.69 Å². The Morgan fingerprint density at radius 2 is 1.86 bits per heavy atom. The number of carbonyl (C=O) groups is 1. The Labute approximate surface area is 129 Å². The second-order valence-electron chi connectivity index (χ2n) is 5.29. The van der Waals surface area contributed by atoms with Gasteiger partial charge in [-0.25, -0.2) is 0 Å². The summed E-state index contributed by atoms with van der Waals surface area (Å²) in [5, 5.41) is 13.4. The zero-order chi connectivity index (χ0) is 14.6. The zero-order valence-electron chi connectivity index (χ0n) is 11.7. The number of nitro groups is 1. The van der Waals surface area contributed by atoms with E-state index in [-0.39, 0.29) is 24.0 Å². The molecule has 0 aliphatic heterocycles. The fourth-order valence-corrected chi connectivity index (χ4v) is 2.51. The lowest BCUT2D eigenvalue weighted by Gasteiger charge is -2.22. The molecule has 6 nitrogen and oxygen atoms in total. The monoisotopic (exact) mass is 313 g/mol. The zero-order valence-corrected chi connectivity index (χ0v) is 12.5. The third kappa shape index (κ3) is 4.41. The highest BCUT2D eigenvalue weighted by Crippen LogP contribution is 2.27. The van der Waals surface area contributed by atoms with E-state index in [1.807, 2.05) is 0 Å². The molecule has 0 saturated heterocycles. The molecule has 1 aromatic rings. The number of nitrogens with zero attached hydrogens (tertiary/aromatic N) is 1. The van der Waals surface area contributed by atoms with Crippen molar-refractivity contribution in [3.8, 4) is 0 Å². The van der Waals surface area contributed by atoms with Crippen LogP contribution in [0.2, 0.25) is 0 Å². The number of nitrogens with two attached hydrogens (primary N) is 1. The first-order chi connectivity index (χ1) is 9.51. The second kappa shape index (κ2) is 7.38. The van der Waals surface area contributed by atoms with E-state index in [2.05, 4.69) is 5.32 Å². The van der Waals surface area contributed by atoms with Crippen LogP contribution in [0.5, 0.6) is 0 Å². The van der Waals surface area contributed by atoms with E-state index in [0.29, 0.717) is 13.0 Å². The first-order valence-corrected chi connectivity index (χ1v) is 6.82. The molecule has 0 spiro atoms. The van der Waals surface area contributed by atoms with Crippen LogP contribution in [0, 0.1) is 10.1 Å². The summed E-state index contributed by atoms with van der Waals surface area (Å²) in [5.41, 5.74) is 6.38. The fourth-order valence-electron chi connectivity index (χ4n) is 2.51. The van der Waals surface area contributed by atoms with Gasteiger partial charge < -0.3 is 11.1 Å². The molecule has 0 unspecified atom stereocenters. The molecule has 0 heterocycles. The summed E-state index contributed by atoms with van der Waals surface area (Å²) in [6, 6.07) is 6.35. The van der Waals surface area contributed by atoms with E-state index in [0.717, 1.165) is 31.2 Å². The maximum atomic E-state index is 12.0. The predicted octanol–water partition coefficient (Wildman–Crippen LogP) is 1.95. The Morgan fingerprint density at radius 1 is 1.29 bits per heavy atom. The van der Waals surface area contributed by atoms with Crippen molar-refractivity contribution in [1.29, 1.82) is 0 Å². The van der Waals surface area contributed by atoms with Crippen molar-refractivity contribution in [2.75, 3.05) is 6.54 Å². The van der Waals surface area contributed by atoms with Gasteiger partial charge in [0.15, 0.2) is 0 Å². The molecule has 1 aliphatic rings. The topological polar surface area (TPSA) is 98.3 Å².